The molecule has 3 nitrogen and oxygen atoms in total. The molecule has 0 aliphatic carbocycles. The van der Waals surface area contributed by atoms with Crippen LogP contribution in [0.1, 0.15) is 5.69 Å². The van der Waals surface area contributed by atoms with Crippen LogP contribution in [-0.4, -0.2) is 9.97 Å². The molecule has 0 aliphatic heterocycles. The van der Waals surface area contributed by atoms with Gasteiger partial charge in [-0.15, -0.1) is 0 Å². The summed E-state index contributed by atoms with van der Waals surface area (Å²) in [6, 6.07) is 0. The number of rotatable bonds is 1. The maximum absolute atomic E-state index is 10.0. The molecule has 8 heavy (non-hydrogen) atoms. The van der Waals surface area contributed by atoms with E-state index in [-0.39, 0.29) is 6.61 Å². The predicted molar refractivity (Wildman–Crippen MR) is 26.4 cm³/mol. The van der Waals surface area contributed by atoms with E-state index in [0.717, 1.165) is 0 Å². The Bertz CT molecular complexity index is 152. The highest BCUT2D eigenvalue weighted by Gasteiger charge is 1.85. The molecule has 41 valence electrons. The van der Waals surface area contributed by atoms with Crippen LogP contribution < -0.4 is 0 Å². The maximum Gasteiger partial charge on any atom is 0.126 e. The van der Waals surface area contributed by atoms with Crippen molar-refractivity contribution in [2.75, 3.05) is 0 Å². The normalized spacial score (nSPS) is 9.12. The SMILES string of the molecule is [O]Cc1cnccn1. The molecule has 1 aromatic rings. The van der Waals surface area contributed by atoms with Crippen molar-refractivity contribution >= 4 is 0 Å². The monoisotopic (exact) mass is 109 g/mol. The zero-order valence-corrected chi connectivity index (χ0v) is 4.24. The van der Waals surface area contributed by atoms with Gasteiger partial charge in [0.15, 0.2) is 0 Å². The van der Waals surface area contributed by atoms with Crippen molar-refractivity contribution in [3.63, 3.8) is 0 Å². The summed E-state index contributed by atoms with van der Waals surface area (Å²) in [5, 5.41) is 10.0. The summed E-state index contributed by atoms with van der Waals surface area (Å²) in [7, 11) is 0. The van der Waals surface area contributed by atoms with E-state index >= 15 is 0 Å². The minimum Gasteiger partial charge on any atom is -0.261 e. The average molecular weight is 109 g/mol. The number of hydrogen-bond donors (Lipinski definition) is 0. The van der Waals surface area contributed by atoms with Crippen molar-refractivity contribution in [1.29, 1.82) is 0 Å². The van der Waals surface area contributed by atoms with Gasteiger partial charge in [0.1, 0.15) is 6.61 Å². The van der Waals surface area contributed by atoms with Gasteiger partial charge < -0.3 is 0 Å². The van der Waals surface area contributed by atoms with Crippen LogP contribution in [0.5, 0.6) is 0 Å². The Kier molecular flexibility index (Phi) is 1.54. The van der Waals surface area contributed by atoms with Crippen molar-refractivity contribution in [2.45, 2.75) is 6.61 Å². The van der Waals surface area contributed by atoms with Gasteiger partial charge >= 0.3 is 0 Å². The molecule has 1 radical (unpaired) electrons. The lowest BCUT2D eigenvalue weighted by molar-refractivity contribution is 0.173. The Hall–Kier alpha value is -0.960. The van der Waals surface area contributed by atoms with Crippen LogP contribution >= 0.6 is 0 Å². The molecule has 1 heterocycles. The lowest BCUT2D eigenvalue weighted by Gasteiger charge is -1.85. The van der Waals surface area contributed by atoms with Crippen LogP contribution in [0.2, 0.25) is 0 Å². The van der Waals surface area contributed by atoms with Gasteiger partial charge in [-0.3, -0.25) is 9.97 Å². The fraction of sp³-hybridized carbons (Fsp3) is 0.200. The molecular weight excluding hydrogens is 104 g/mol. The van der Waals surface area contributed by atoms with Crippen LogP contribution in [0.15, 0.2) is 18.6 Å². The first kappa shape index (κ1) is 5.18. The van der Waals surface area contributed by atoms with Gasteiger partial charge in [-0.2, -0.15) is 0 Å². The highest BCUT2D eigenvalue weighted by molar-refractivity contribution is 4.90. The molecule has 0 saturated carbocycles. The van der Waals surface area contributed by atoms with Crippen LogP contribution in [0.25, 0.3) is 0 Å². The van der Waals surface area contributed by atoms with Crippen LogP contribution in [-0.2, 0) is 11.7 Å². The maximum atomic E-state index is 10.0. The molecule has 0 unspecified atom stereocenters. The van der Waals surface area contributed by atoms with Gasteiger partial charge in [0.05, 0.1) is 11.9 Å². The fourth-order valence-corrected chi connectivity index (χ4v) is 0.405. The fourth-order valence-electron chi connectivity index (χ4n) is 0.405. The zero-order chi connectivity index (χ0) is 5.82. The zero-order valence-electron chi connectivity index (χ0n) is 4.24. The van der Waals surface area contributed by atoms with Crippen molar-refractivity contribution in [2.24, 2.45) is 0 Å². The van der Waals surface area contributed by atoms with E-state index in [9.17, 15) is 5.11 Å². The lowest BCUT2D eigenvalue weighted by Crippen LogP contribution is -1.85. The Balaban J connectivity index is 2.83. The minimum atomic E-state index is -0.284. The molecule has 0 spiro atoms. The molecule has 3 heteroatoms. The topological polar surface area (TPSA) is 45.7 Å². The van der Waals surface area contributed by atoms with Gasteiger partial charge in [0.25, 0.3) is 0 Å². The second-order valence-electron chi connectivity index (χ2n) is 1.34. The second-order valence-corrected chi connectivity index (χ2v) is 1.34. The molecule has 0 N–H and O–H groups in total. The second kappa shape index (κ2) is 2.37. The van der Waals surface area contributed by atoms with E-state index in [4.69, 9.17) is 0 Å². The van der Waals surface area contributed by atoms with E-state index in [0.29, 0.717) is 5.69 Å². The van der Waals surface area contributed by atoms with Gasteiger partial charge in [-0.25, -0.2) is 5.11 Å². The summed E-state index contributed by atoms with van der Waals surface area (Å²) in [6.45, 7) is -0.284. The first-order valence-electron chi connectivity index (χ1n) is 2.26. The smallest absolute Gasteiger partial charge is 0.126 e. The van der Waals surface area contributed by atoms with Gasteiger partial charge in [0, 0.05) is 12.4 Å². The van der Waals surface area contributed by atoms with E-state index in [1.54, 1.807) is 6.20 Å². The molecule has 0 atom stereocenters. The summed E-state index contributed by atoms with van der Waals surface area (Å²) in [6.07, 6.45) is 4.51. The molecule has 0 saturated heterocycles. The Morgan fingerprint density at radius 1 is 1.50 bits per heavy atom. The van der Waals surface area contributed by atoms with Gasteiger partial charge in [-0.1, -0.05) is 0 Å². The van der Waals surface area contributed by atoms with E-state index in [1.807, 2.05) is 0 Å². The van der Waals surface area contributed by atoms with Crippen molar-refractivity contribution in [3.05, 3.63) is 24.3 Å². The highest BCUT2D eigenvalue weighted by Crippen LogP contribution is 1.86. The van der Waals surface area contributed by atoms with Crippen LogP contribution in [0, 0.1) is 0 Å². The van der Waals surface area contributed by atoms with Crippen LogP contribution in [0.4, 0.5) is 0 Å². The third-order valence-corrected chi connectivity index (χ3v) is 0.765. The first-order chi connectivity index (χ1) is 3.93. The predicted octanol–water partition coefficient (Wildman–Crippen LogP) is 0.407. The summed E-state index contributed by atoms with van der Waals surface area (Å²) in [5.41, 5.74) is 0.493. The Labute approximate surface area is 47.0 Å². The lowest BCUT2D eigenvalue weighted by atomic mass is 10.5. The van der Waals surface area contributed by atoms with E-state index in [2.05, 4.69) is 9.97 Å². The molecule has 0 aromatic carbocycles. The van der Waals surface area contributed by atoms with E-state index in [1.165, 1.54) is 12.4 Å². The van der Waals surface area contributed by atoms with Crippen molar-refractivity contribution < 1.29 is 5.11 Å². The van der Waals surface area contributed by atoms with E-state index < -0.39 is 0 Å². The molecule has 0 bridgehead atoms. The van der Waals surface area contributed by atoms with Crippen molar-refractivity contribution in [1.82, 2.24) is 9.97 Å². The molecule has 0 aliphatic rings. The number of nitrogens with zero attached hydrogens (tertiary/aromatic N) is 2. The number of hydrogen-bond acceptors (Lipinski definition) is 2. The van der Waals surface area contributed by atoms with Gasteiger partial charge in [-0.05, 0) is 0 Å². The summed E-state index contributed by atoms with van der Waals surface area (Å²) >= 11 is 0. The van der Waals surface area contributed by atoms with Crippen molar-refractivity contribution in [3.8, 4) is 0 Å². The standard InChI is InChI=1S/C5H5N2O/c8-4-5-3-6-1-2-7-5/h1-3H,4H2. The molecule has 0 fully saturated rings. The number of aromatic nitrogens is 2. The highest BCUT2D eigenvalue weighted by atomic mass is 16.3. The third-order valence-electron chi connectivity index (χ3n) is 0.765. The Morgan fingerprint density at radius 2 is 2.38 bits per heavy atom. The largest absolute Gasteiger partial charge is 0.261 e. The Morgan fingerprint density at radius 3 is 2.75 bits per heavy atom. The molecular formula is C5H5N2O. The van der Waals surface area contributed by atoms with Gasteiger partial charge in [0.2, 0.25) is 0 Å². The summed E-state index contributed by atoms with van der Waals surface area (Å²) < 4.78 is 0. The first-order valence-corrected chi connectivity index (χ1v) is 2.26. The summed E-state index contributed by atoms with van der Waals surface area (Å²) in [5.74, 6) is 0. The van der Waals surface area contributed by atoms with Crippen LogP contribution in [0.3, 0.4) is 0 Å². The summed E-state index contributed by atoms with van der Waals surface area (Å²) in [4.78, 5) is 7.42. The molecule has 1 rings (SSSR count). The minimum absolute atomic E-state index is 0.284. The quantitative estimate of drug-likeness (QED) is 0.524. The third kappa shape index (κ3) is 1.01. The average Bonchev–Trinajstić information content (AvgIpc) is 1.90. The molecule has 1 aromatic heterocycles. The molecule has 0 amide bonds.